The molecule has 0 fully saturated rings. The van der Waals surface area contributed by atoms with Crippen molar-refractivity contribution in [2.45, 2.75) is 19.9 Å². The van der Waals surface area contributed by atoms with Crippen molar-refractivity contribution in [1.82, 2.24) is 10.3 Å². The number of benzene rings is 1. The molecule has 1 aliphatic rings. The van der Waals surface area contributed by atoms with Crippen molar-refractivity contribution in [3.05, 3.63) is 47.2 Å². The van der Waals surface area contributed by atoms with Crippen LogP contribution in [-0.4, -0.2) is 17.4 Å². The minimum atomic E-state index is -0.256. The van der Waals surface area contributed by atoms with Crippen LogP contribution in [0.15, 0.2) is 29.0 Å². The summed E-state index contributed by atoms with van der Waals surface area (Å²) in [5, 5.41) is 6.21. The molecule has 2 aromatic rings. The number of amides is 1. The number of aryl methyl sites for hydroxylation is 1. The lowest BCUT2D eigenvalue weighted by molar-refractivity contribution is 0.0995. The molecule has 1 aromatic carbocycles. The number of nitrogens with zero attached hydrogens (tertiary/aromatic N) is 1. The number of nitrogens with one attached hydrogen (secondary N) is 2. The Kier molecular flexibility index (Phi) is 3.05. The van der Waals surface area contributed by atoms with E-state index < -0.39 is 0 Å². The molecule has 2 heterocycles. The maximum Gasteiger partial charge on any atom is 0.293 e. The Hall–Kier alpha value is -2.14. The van der Waals surface area contributed by atoms with E-state index in [1.807, 2.05) is 12.1 Å². The molecule has 1 amide bonds. The van der Waals surface area contributed by atoms with E-state index in [9.17, 15) is 4.79 Å². The van der Waals surface area contributed by atoms with E-state index in [0.29, 0.717) is 5.69 Å². The van der Waals surface area contributed by atoms with E-state index in [1.165, 1.54) is 12.0 Å². The van der Waals surface area contributed by atoms with Crippen molar-refractivity contribution in [2.75, 3.05) is 11.9 Å². The smallest absolute Gasteiger partial charge is 0.293 e. The summed E-state index contributed by atoms with van der Waals surface area (Å²) in [5.74, 6) is 0.00958. The Balaban J connectivity index is 1.88. The first-order valence-electron chi connectivity index (χ1n) is 6.28. The van der Waals surface area contributed by atoms with Crippen molar-refractivity contribution >= 4 is 11.6 Å². The number of oxazole rings is 1. The van der Waals surface area contributed by atoms with Gasteiger partial charge in [0, 0.05) is 12.2 Å². The molecular formula is C14H15N3O2. The van der Waals surface area contributed by atoms with Gasteiger partial charge in [-0.3, -0.25) is 4.79 Å². The summed E-state index contributed by atoms with van der Waals surface area (Å²) in [7, 11) is 0. The first-order chi connectivity index (χ1) is 9.25. The van der Waals surface area contributed by atoms with Crippen molar-refractivity contribution in [3.63, 3.8) is 0 Å². The molecule has 98 valence electrons. The topological polar surface area (TPSA) is 67.2 Å². The monoisotopic (exact) mass is 257 g/mol. The summed E-state index contributed by atoms with van der Waals surface area (Å²) in [5.41, 5.74) is 3.87. The largest absolute Gasteiger partial charge is 0.438 e. The van der Waals surface area contributed by atoms with Crippen LogP contribution in [0.5, 0.6) is 0 Å². The third-order valence-corrected chi connectivity index (χ3v) is 3.35. The number of rotatable bonds is 2. The minimum Gasteiger partial charge on any atom is -0.438 e. The summed E-state index contributed by atoms with van der Waals surface area (Å²) in [6, 6.07) is 5.98. The third-order valence-electron chi connectivity index (χ3n) is 3.35. The van der Waals surface area contributed by atoms with Gasteiger partial charge >= 0.3 is 0 Å². The zero-order valence-electron chi connectivity index (χ0n) is 10.7. The quantitative estimate of drug-likeness (QED) is 0.862. The fraction of sp³-hybridized carbons (Fsp3) is 0.286. The van der Waals surface area contributed by atoms with Gasteiger partial charge in [-0.05, 0) is 37.1 Å². The molecule has 0 spiro atoms. The lowest BCUT2D eigenvalue weighted by Gasteiger charge is -2.20. The average molecular weight is 257 g/mol. The Morgan fingerprint density at radius 2 is 2.37 bits per heavy atom. The van der Waals surface area contributed by atoms with E-state index in [0.717, 1.165) is 30.8 Å². The molecule has 3 rings (SSSR count). The summed E-state index contributed by atoms with van der Waals surface area (Å²) >= 11 is 0. The molecule has 0 atom stereocenters. The van der Waals surface area contributed by atoms with Crippen molar-refractivity contribution < 1.29 is 9.21 Å². The maximum atomic E-state index is 12.1. The van der Waals surface area contributed by atoms with Crippen LogP contribution in [0.25, 0.3) is 0 Å². The SMILES string of the molecule is Cc1ncoc1C(=O)Nc1cccc2c1CNCC2. The van der Waals surface area contributed by atoms with Crippen LogP contribution in [0, 0.1) is 6.92 Å². The summed E-state index contributed by atoms with van der Waals surface area (Å²) in [6.07, 6.45) is 2.27. The molecule has 0 saturated heterocycles. The molecule has 0 bridgehead atoms. The van der Waals surface area contributed by atoms with E-state index in [4.69, 9.17) is 4.42 Å². The Morgan fingerprint density at radius 1 is 1.47 bits per heavy atom. The standard InChI is InChI=1S/C14H15N3O2/c1-9-13(19-8-16-9)14(18)17-12-4-2-3-10-5-6-15-7-11(10)12/h2-4,8,15H,5-7H2,1H3,(H,17,18). The van der Waals surface area contributed by atoms with Gasteiger partial charge in [-0.2, -0.15) is 0 Å². The van der Waals surface area contributed by atoms with Gasteiger partial charge in [0.15, 0.2) is 6.39 Å². The van der Waals surface area contributed by atoms with Crippen LogP contribution in [0.1, 0.15) is 27.4 Å². The van der Waals surface area contributed by atoms with Gasteiger partial charge < -0.3 is 15.1 Å². The fourth-order valence-corrected chi connectivity index (χ4v) is 2.33. The first-order valence-corrected chi connectivity index (χ1v) is 6.28. The third kappa shape index (κ3) is 2.24. The van der Waals surface area contributed by atoms with E-state index in [2.05, 4.69) is 21.7 Å². The van der Waals surface area contributed by atoms with Gasteiger partial charge in [-0.25, -0.2) is 4.98 Å². The highest BCUT2D eigenvalue weighted by Crippen LogP contribution is 2.23. The highest BCUT2D eigenvalue weighted by atomic mass is 16.3. The summed E-state index contributed by atoms with van der Waals surface area (Å²) < 4.78 is 5.10. The number of hydrogen-bond acceptors (Lipinski definition) is 4. The van der Waals surface area contributed by atoms with E-state index in [1.54, 1.807) is 6.92 Å². The van der Waals surface area contributed by atoms with Crippen LogP contribution >= 0.6 is 0 Å². The zero-order chi connectivity index (χ0) is 13.2. The molecule has 5 heteroatoms. The van der Waals surface area contributed by atoms with Gasteiger partial charge in [-0.1, -0.05) is 12.1 Å². The van der Waals surface area contributed by atoms with Crippen LogP contribution < -0.4 is 10.6 Å². The van der Waals surface area contributed by atoms with E-state index >= 15 is 0 Å². The number of anilines is 1. The molecule has 0 saturated carbocycles. The predicted molar refractivity (Wildman–Crippen MR) is 71.0 cm³/mol. The molecule has 1 aromatic heterocycles. The Bertz CT molecular complexity index is 619. The number of carbonyl (C=O) groups is 1. The van der Waals surface area contributed by atoms with Crippen LogP contribution in [0.2, 0.25) is 0 Å². The molecule has 0 aliphatic carbocycles. The Morgan fingerprint density at radius 3 is 3.16 bits per heavy atom. The van der Waals surface area contributed by atoms with Gasteiger partial charge in [0.2, 0.25) is 5.76 Å². The van der Waals surface area contributed by atoms with Gasteiger partial charge in [0.05, 0.1) is 5.69 Å². The second kappa shape index (κ2) is 4.85. The minimum absolute atomic E-state index is 0.256. The van der Waals surface area contributed by atoms with Crippen LogP contribution in [0.4, 0.5) is 5.69 Å². The Labute approximate surface area is 111 Å². The molecule has 5 nitrogen and oxygen atoms in total. The molecular weight excluding hydrogens is 242 g/mol. The number of carbonyl (C=O) groups excluding carboxylic acids is 1. The van der Waals surface area contributed by atoms with E-state index in [-0.39, 0.29) is 11.7 Å². The molecule has 0 unspecified atom stereocenters. The number of aromatic nitrogens is 1. The number of fused-ring (bicyclic) bond motifs is 1. The first kappa shape index (κ1) is 11.9. The fourth-order valence-electron chi connectivity index (χ4n) is 2.33. The van der Waals surface area contributed by atoms with Crippen molar-refractivity contribution in [2.24, 2.45) is 0 Å². The highest BCUT2D eigenvalue weighted by Gasteiger charge is 2.18. The van der Waals surface area contributed by atoms with Crippen molar-refractivity contribution in [1.29, 1.82) is 0 Å². The molecule has 0 radical (unpaired) electrons. The summed E-state index contributed by atoms with van der Waals surface area (Å²) in [6.45, 7) is 3.51. The molecule has 19 heavy (non-hydrogen) atoms. The maximum absolute atomic E-state index is 12.1. The van der Waals surface area contributed by atoms with Gasteiger partial charge in [-0.15, -0.1) is 0 Å². The van der Waals surface area contributed by atoms with Crippen LogP contribution in [0.3, 0.4) is 0 Å². The lowest BCUT2D eigenvalue weighted by atomic mass is 9.99. The second-order valence-electron chi connectivity index (χ2n) is 4.59. The van der Waals surface area contributed by atoms with Crippen LogP contribution in [-0.2, 0) is 13.0 Å². The van der Waals surface area contributed by atoms with Gasteiger partial charge in [0.25, 0.3) is 5.91 Å². The second-order valence-corrected chi connectivity index (χ2v) is 4.59. The van der Waals surface area contributed by atoms with Crippen molar-refractivity contribution in [3.8, 4) is 0 Å². The highest BCUT2D eigenvalue weighted by molar-refractivity contribution is 6.03. The molecule has 1 aliphatic heterocycles. The van der Waals surface area contributed by atoms with Gasteiger partial charge in [0.1, 0.15) is 0 Å². The normalized spacial score (nSPS) is 13.9. The predicted octanol–water partition coefficient (Wildman–Crippen LogP) is 1.88. The molecule has 2 N–H and O–H groups in total. The number of hydrogen-bond donors (Lipinski definition) is 2. The average Bonchev–Trinajstić information content (AvgIpc) is 2.85. The zero-order valence-corrected chi connectivity index (χ0v) is 10.7. The lowest BCUT2D eigenvalue weighted by Crippen LogP contribution is -2.25. The summed E-state index contributed by atoms with van der Waals surface area (Å²) in [4.78, 5) is 16.0.